The number of hydrogen-bond acceptors (Lipinski definition) is 4. The second-order valence-electron chi connectivity index (χ2n) is 7.14. The Morgan fingerprint density at radius 1 is 1.15 bits per heavy atom. The van der Waals surface area contributed by atoms with Crippen molar-refractivity contribution in [1.82, 2.24) is 4.98 Å². The van der Waals surface area contributed by atoms with Crippen molar-refractivity contribution >= 4 is 26.4 Å². The lowest BCUT2D eigenvalue weighted by atomic mass is 9.99. The standard InChI is InChI=1S/C21H21FN2O2S/c1-15-6-5-11-24(14-15)21-18-12-16(22)9-10-19(18)23-13-20(21)27(25,26)17-7-3-2-4-8-17/h2-4,7-10,12-13,15H,5-6,11,14H2,1H3/t15-/m0/s1. The molecule has 0 saturated carbocycles. The maximum atomic E-state index is 14.0. The van der Waals surface area contributed by atoms with Crippen LogP contribution < -0.4 is 4.90 Å². The van der Waals surface area contributed by atoms with E-state index < -0.39 is 15.7 Å². The molecule has 3 aromatic rings. The Bertz CT molecular complexity index is 1080. The number of anilines is 1. The number of benzene rings is 2. The fourth-order valence-electron chi connectivity index (χ4n) is 3.77. The van der Waals surface area contributed by atoms with E-state index in [-0.39, 0.29) is 9.79 Å². The van der Waals surface area contributed by atoms with Gasteiger partial charge in [-0.05, 0) is 49.1 Å². The minimum absolute atomic E-state index is 0.140. The fraction of sp³-hybridized carbons (Fsp3) is 0.286. The number of nitrogens with zero attached hydrogens (tertiary/aromatic N) is 2. The molecule has 6 heteroatoms. The minimum Gasteiger partial charge on any atom is -0.370 e. The number of pyridine rings is 1. The van der Waals surface area contributed by atoms with E-state index in [1.54, 1.807) is 36.4 Å². The maximum absolute atomic E-state index is 14.0. The maximum Gasteiger partial charge on any atom is 0.210 e. The van der Waals surface area contributed by atoms with Gasteiger partial charge < -0.3 is 4.90 Å². The molecule has 0 aliphatic carbocycles. The third-order valence-corrected chi connectivity index (χ3v) is 6.85. The van der Waals surface area contributed by atoms with Gasteiger partial charge in [-0.3, -0.25) is 4.98 Å². The molecular weight excluding hydrogens is 363 g/mol. The zero-order valence-electron chi connectivity index (χ0n) is 15.1. The number of piperidine rings is 1. The van der Waals surface area contributed by atoms with Gasteiger partial charge in [0.25, 0.3) is 0 Å². The fourth-order valence-corrected chi connectivity index (χ4v) is 5.23. The van der Waals surface area contributed by atoms with E-state index in [2.05, 4.69) is 16.8 Å². The van der Waals surface area contributed by atoms with E-state index in [1.807, 2.05) is 0 Å². The van der Waals surface area contributed by atoms with Gasteiger partial charge in [-0.25, -0.2) is 12.8 Å². The normalized spacial score (nSPS) is 18.0. The average molecular weight is 384 g/mol. The van der Waals surface area contributed by atoms with Gasteiger partial charge in [-0.2, -0.15) is 0 Å². The number of hydrogen-bond donors (Lipinski definition) is 0. The van der Waals surface area contributed by atoms with Crippen molar-refractivity contribution in [2.24, 2.45) is 5.92 Å². The predicted octanol–water partition coefficient (Wildman–Crippen LogP) is 4.44. The van der Waals surface area contributed by atoms with Crippen LogP contribution in [0.4, 0.5) is 10.1 Å². The Balaban J connectivity index is 1.99. The van der Waals surface area contributed by atoms with E-state index in [1.165, 1.54) is 18.3 Å². The average Bonchev–Trinajstić information content (AvgIpc) is 2.67. The number of fused-ring (bicyclic) bond motifs is 1. The first-order valence-electron chi connectivity index (χ1n) is 9.10. The van der Waals surface area contributed by atoms with Crippen LogP contribution in [-0.4, -0.2) is 26.5 Å². The van der Waals surface area contributed by atoms with E-state index in [0.717, 1.165) is 25.9 Å². The van der Waals surface area contributed by atoms with Crippen LogP contribution in [0.1, 0.15) is 19.8 Å². The summed E-state index contributed by atoms with van der Waals surface area (Å²) in [6.45, 7) is 3.64. The second kappa shape index (κ2) is 6.93. The third-order valence-electron chi connectivity index (χ3n) is 5.08. The molecule has 1 aromatic heterocycles. The summed E-state index contributed by atoms with van der Waals surface area (Å²) < 4.78 is 40.7. The van der Waals surface area contributed by atoms with E-state index >= 15 is 0 Å². The topological polar surface area (TPSA) is 50.3 Å². The van der Waals surface area contributed by atoms with Crippen LogP contribution in [0, 0.1) is 11.7 Å². The molecular formula is C21H21FN2O2S. The summed E-state index contributed by atoms with van der Waals surface area (Å²) in [4.78, 5) is 6.75. The summed E-state index contributed by atoms with van der Waals surface area (Å²) in [6, 6.07) is 12.7. The van der Waals surface area contributed by atoms with Gasteiger partial charge in [0.1, 0.15) is 10.7 Å². The molecule has 1 aliphatic rings. The number of sulfone groups is 1. The molecule has 1 atom stereocenters. The molecule has 4 nitrogen and oxygen atoms in total. The van der Waals surface area contributed by atoms with Gasteiger partial charge in [-0.1, -0.05) is 25.1 Å². The van der Waals surface area contributed by atoms with Gasteiger partial charge in [0, 0.05) is 24.7 Å². The Morgan fingerprint density at radius 2 is 1.93 bits per heavy atom. The molecule has 0 N–H and O–H groups in total. The van der Waals surface area contributed by atoms with E-state index in [9.17, 15) is 12.8 Å². The van der Waals surface area contributed by atoms with E-state index in [0.29, 0.717) is 22.5 Å². The van der Waals surface area contributed by atoms with Crippen molar-refractivity contribution in [2.75, 3.05) is 18.0 Å². The molecule has 1 aliphatic heterocycles. The van der Waals surface area contributed by atoms with Gasteiger partial charge in [-0.15, -0.1) is 0 Å². The molecule has 2 aromatic carbocycles. The monoisotopic (exact) mass is 384 g/mol. The summed E-state index contributed by atoms with van der Waals surface area (Å²) in [5, 5.41) is 0.543. The number of aromatic nitrogens is 1. The smallest absolute Gasteiger partial charge is 0.210 e. The summed E-state index contributed by atoms with van der Waals surface area (Å²) in [6.07, 6.45) is 3.50. The molecule has 0 spiro atoms. The van der Waals surface area contributed by atoms with Crippen molar-refractivity contribution in [3.8, 4) is 0 Å². The number of rotatable bonds is 3. The van der Waals surface area contributed by atoms with Crippen LogP contribution in [-0.2, 0) is 9.84 Å². The van der Waals surface area contributed by atoms with Gasteiger partial charge in [0.15, 0.2) is 0 Å². The highest BCUT2D eigenvalue weighted by Crippen LogP contribution is 2.37. The minimum atomic E-state index is -3.77. The SMILES string of the molecule is C[C@H]1CCCN(c2c(S(=O)(=O)c3ccccc3)cnc3ccc(F)cc23)C1. The first-order valence-corrected chi connectivity index (χ1v) is 10.6. The molecule has 4 rings (SSSR count). The van der Waals surface area contributed by atoms with E-state index in [4.69, 9.17) is 0 Å². The molecule has 0 radical (unpaired) electrons. The Hall–Kier alpha value is -2.47. The third kappa shape index (κ3) is 3.30. The largest absolute Gasteiger partial charge is 0.370 e. The highest BCUT2D eigenvalue weighted by Gasteiger charge is 2.28. The van der Waals surface area contributed by atoms with Crippen LogP contribution in [0.2, 0.25) is 0 Å². The van der Waals surface area contributed by atoms with Gasteiger partial charge >= 0.3 is 0 Å². The van der Waals surface area contributed by atoms with Crippen LogP contribution >= 0.6 is 0 Å². The molecule has 0 bridgehead atoms. The Kier molecular flexibility index (Phi) is 4.60. The highest BCUT2D eigenvalue weighted by molar-refractivity contribution is 7.91. The zero-order valence-corrected chi connectivity index (χ0v) is 15.9. The lowest BCUT2D eigenvalue weighted by Crippen LogP contribution is -2.35. The quantitative estimate of drug-likeness (QED) is 0.670. The van der Waals surface area contributed by atoms with Gasteiger partial charge in [0.2, 0.25) is 9.84 Å². The number of halogens is 1. The summed E-state index contributed by atoms with van der Waals surface area (Å²) in [5.41, 5.74) is 1.16. The predicted molar refractivity (Wildman–Crippen MR) is 104 cm³/mol. The summed E-state index contributed by atoms with van der Waals surface area (Å²) in [7, 11) is -3.77. The van der Waals surface area contributed by atoms with Crippen molar-refractivity contribution in [2.45, 2.75) is 29.6 Å². The molecule has 140 valence electrons. The van der Waals surface area contributed by atoms with Crippen molar-refractivity contribution in [1.29, 1.82) is 0 Å². The Morgan fingerprint density at radius 3 is 2.67 bits per heavy atom. The summed E-state index contributed by atoms with van der Waals surface area (Å²) in [5.74, 6) is 0.0488. The molecule has 1 fully saturated rings. The molecule has 1 saturated heterocycles. The van der Waals surface area contributed by atoms with Crippen LogP contribution in [0.3, 0.4) is 0 Å². The highest BCUT2D eigenvalue weighted by atomic mass is 32.2. The van der Waals surface area contributed by atoms with Crippen molar-refractivity contribution < 1.29 is 12.8 Å². The first-order chi connectivity index (χ1) is 13.0. The van der Waals surface area contributed by atoms with Crippen LogP contribution in [0.5, 0.6) is 0 Å². The Labute approximate surface area is 158 Å². The first kappa shape index (κ1) is 17.9. The lowest BCUT2D eigenvalue weighted by Gasteiger charge is -2.34. The van der Waals surface area contributed by atoms with Gasteiger partial charge in [0.05, 0.1) is 16.1 Å². The molecule has 0 unspecified atom stereocenters. The molecule has 27 heavy (non-hydrogen) atoms. The second-order valence-corrected chi connectivity index (χ2v) is 9.06. The lowest BCUT2D eigenvalue weighted by molar-refractivity contribution is 0.446. The van der Waals surface area contributed by atoms with Crippen LogP contribution in [0.25, 0.3) is 10.9 Å². The van der Waals surface area contributed by atoms with Crippen molar-refractivity contribution in [3.63, 3.8) is 0 Å². The zero-order chi connectivity index (χ0) is 19.0. The molecule has 0 amide bonds. The van der Waals surface area contributed by atoms with Crippen LogP contribution in [0.15, 0.2) is 64.5 Å². The summed E-state index contributed by atoms with van der Waals surface area (Å²) >= 11 is 0. The van der Waals surface area contributed by atoms with Crippen molar-refractivity contribution in [3.05, 3.63) is 60.5 Å². The molecule has 2 heterocycles.